The molecule has 0 bridgehead atoms. The van der Waals surface area contributed by atoms with Crippen molar-refractivity contribution in [3.63, 3.8) is 0 Å². The minimum Gasteiger partial charge on any atom is -0.474 e. The number of hydrogen-bond acceptors (Lipinski definition) is 1. The summed E-state index contributed by atoms with van der Waals surface area (Å²) in [5, 5.41) is 2.10. The fourth-order valence-electron chi connectivity index (χ4n) is 3.00. The molecule has 0 aromatic rings. The van der Waals surface area contributed by atoms with Crippen LogP contribution in [0.1, 0.15) is 39.5 Å². The van der Waals surface area contributed by atoms with Gasteiger partial charge in [-0.05, 0) is 45.4 Å². The van der Waals surface area contributed by atoms with Crippen LogP contribution >= 0.6 is 0 Å². The molecule has 3 atom stereocenters. The van der Waals surface area contributed by atoms with E-state index in [2.05, 4.69) is 26.2 Å². The van der Waals surface area contributed by atoms with Crippen molar-refractivity contribution in [2.45, 2.75) is 57.3 Å². The van der Waals surface area contributed by atoms with Crippen LogP contribution in [0.15, 0.2) is 0 Å². The van der Waals surface area contributed by atoms with E-state index in [9.17, 15) is 0 Å². The lowest BCUT2D eigenvalue weighted by Crippen LogP contribution is -2.87. The summed E-state index contributed by atoms with van der Waals surface area (Å²) in [5.41, 5.74) is 0.112. The Labute approximate surface area is 81.0 Å². The molecular weight excluding hydrogens is 162 g/mol. The number of nitrogens with two attached hydrogens (primary N) is 1. The van der Waals surface area contributed by atoms with E-state index in [1.165, 1.54) is 25.7 Å². The zero-order valence-corrected chi connectivity index (χ0v) is 8.75. The van der Waals surface area contributed by atoms with Crippen LogP contribution < -0.4 is 5.32 Å². The van der Waals surface area contributed by atoms with Gasteiger partial charge in [-0.3, -0.25) is 0 Å². The largest absolute Gasteiger partial charge is 0.474 e. The van der Waals surface area contributed by atoms with Gasteiger partial charge in [0.05, 0.1) is 11.6 Å². The third kappa shape index (κ3) is 1.75. The average Bonchev–Trinajstić information content (AvgIpc) is 2.37. The predicted octanol–water partition coefficient (Wildman–Crippen LogP) is 1.08. The molecule has 13 heavy (non-hydrogen) atoms. The quantitative estimate of drug-likeness (QED) is 0.605. The molecule has 1 heterocycles. The van der Waals surface area contributed by atoms with Gasteiger partial charge in [-0.2, -0.15) is 7.05 Å². The first-order valence-corrected chi connectivity index (χ1v) is 5.43. The Morgan fingerprint density at radius 1 is 1.38 bits per heavy atom. The Bertz CT molecular complexity index is 191. The van der Waals surface area contributed by atoms with Crippen molar-refractivity contribution >= 4 is 0 Å². The fraction of sp³-hybridized carbons (Fsp3) is 0.909. The zero-order chi connectivity index (χ0) is 9.47. The minimum absolute atomic E-state index is 0.112. The Kier molecular flexibility index (Phi) is 2.37. The maximum absolute atomic E-state index is 6.08. The van der Waals surface area contributed by atoms with Crippen LogP contribution in [-0.4, -0.2) is 17.7 Å². The van der Waals surface area contributed by atoms with E-state index in [-0.39, 0.29) is 5.60 Å². The molecule has 1 saturated heterocycles. The van der Waals surface area contributed by atoms with E-state index in [4.69, 9.17) is 4.74 Å². The van der Waals surface area contributed by atoms with Crippen LogP contribution in [0, 0.1) is 13.0 Å². The molecule has 2 nitrogen and oxygen atoms in total. The topological polar surface area (TPSA) is 25.8 Å². The van der Waals surface area contributed by atoms with Crippen molar-refractivity contribution in [3.05, 3.63) is 7.05 Å². The van der Waals surface area contributed by atoms with Gasteiger partial charge in [-0.1, -0.05) is 0 Å². The number of quaternary nitrogens is 1. The van der Waals surface area contributed by atoms with Crippen LogP contribution in [-0.2, 0) is 4.74 Å². The monoisotopic (exact) mass is 183 g/mol. The third-order valence-electron chi connectivity index (χ3n) is 3.51. The summed E-state index contributed by atoms with van der Waals surface area (Å²) in [5.74, 6) is 0.798. The van der Waals surface area contributed by atoms with E-state index in [1.807, 2.05) is 0 Å². The van der Waals surface area contributed by atoms with E-state index in [0.717, 1.165) is 5.92 Å². The first-order valence-electron chi connectivity index (χ1n) is 5.43. The highest BCUT2D eigenvalue weighted by Crippen LogP contribution is 2.41. The van der Waals surface area contributed by atoms with Crippen LogP contribution in [0.3, 0.4) is 0 Å². The summed E-state index contributed by atoms with van der Waals surface area (Å²) < 4.78 is 6.08. The summed E-state index contributed by atoms with van der Waals surface area (Å²) in [7, 11) is 3.91. The van der Waals surface area contributed by atoms with E-state index in [1.54, 1.807) is 0 Å². The SMILES string of the molecule is [CH2-][NH2+]C1CCCC2CC(C)(C)OC21. The number of rotatable bonds is 1. The Hall–Kier alpha value is -0.0800. The van der Waals surface area contributed by atoms with Crippen LogP contribution in [0.4, 0.5) is 0 Å². The fourth-order valence-corrected chi connectivity index (χ4v) is 3.00. The number of hydrogen-bond donors (Lipinski definition) is 1. The van der Waals surface area contributed by atoms with Crippen molar-refractivity contribution in [2.24, 2.45) is 5.92 Å². The van der Waals surface area contributed by atoms with Crippen molar-refractivity contribution in [1.82, 2.24) is 0 Å². The molecule has 2 aliphatic rings. The lowest BCUT2D eigenvalue weighted by Gasteiger charge is -2.32. The second kappa shape index (κ2) is 3.25. The lowest BCUT2D eigenvalue weighted by atomic mass is 9.81. The van der Waals surface area contributed by atoms with Gasteiger partial charge in [-0.25, -0.2) is 0 Å². The van der Waals surface area contributed by atoms with Gasteiger partial charge in [0.25, 0.3) is 0 Å². The van der Waals surface area contributed by atoms with Gasteiger partial charge in [0, 0.05) is 0 Å². The van der Waals surface area contributed by atoms with Gasteiger partial charge < -0.3 is 10.1 Å². The number of fused-ring (bicyclic) bond motifs is 1. The molecule has 1 aliphatic carbocycles. The molecule has 76 valence electrons. The maximum Gasteiger partial charge on any atom is 0.110 e. The molecule has 2 fully saturated rings. The molecule has 3 unspecified atom stereocenters. The summed E-state index contributed by atoms with van der Waals surface area (Å²) in [6.07, 6.45) is 5.71. The second-order valence-corrected chi connectivity index (χ2v) is 5.14. The molecule has 1 saturated carbocycles. The molecule has 0 radical (unpaired) electrons. The molecular formula is C11H21NO. The Morgan fingerprint density at radius 2 is 2.15 bits per heavy atom. The van der Waals surface area contributed by atoms with Crippen molar-refractivity contribution in [3.8, 4) is 0 Å². The molecule has 2 heteroatoms. The second-order valence-electron chi connectivity index (χ2n) is 5.14. The lowest BCUT2D eigenvalue weighted by molar-refractivity contribution is -0.646. The van der Waals surface area contributed by atoms with Gasteiger partial charge in [0.1, 0.15) is 6.10 Å². The van der Waals surface area contributed by atoms with Crippen molar-refractivity contribution in [2.75, 3.05) is 0 Å². The first kappa shape index (κ1) is 9.47. The Balaban J connectivity index is 2.08. The van der Waals surface area contributed by atoms with Crippen molar-refractivity contribution < 1.29 is 10.1 Å². The smallest absolute Gasteiger partial charge is 0.110 e. The normalized spacial score (nSPS) is 43.2. The average molecular weight is 183 g/mol. The summed E-state index contributed by atoms with van der Waals surface area (Å²) >= 11 is 0. The minimum atomic E-state index is 0.112. The van der Waals surface area contributed by atoms with Crippen LogP contribution in [0.2, 0.25) is 0 Å². The molecule has 0 spiro atoms. The van der Waals surface area contributed by atoms with Crippen molar-refractivity contribution in [1.29, 1.82) is 0 Å². The van der Waals surface area contributed by atoms with E-state index in [0.29, 0.717) is 12.1 Å². The summed E-state index contributed by atoms with van der Waals surface area (Å²) in [6.45, 7) is 4.43. The van der Waals surface area contributed by atoms with Gasteiger partial charge in [0.15, 0.2) is 0 Å². The highest BCUT2D eigenvalue weighted by atomic mass is 16.5. The summed E-state index contributed by atoms with van der Waals surface area (Å²) in [6, 6.07) is 0.612. The van der Waals surface area contributed by atoms with Gasteiger partial charge in [0.2, 0.25) is 0 Å². The molecule has 2 rings (SSSR count). The van der Waals surface area contributed by atoms with E-state index >= 15 is 0 Å². The molecule has 2 N–H and O–H groups in total. The highest BCUT2D eigenvalue weighted by molar-refractivity contribution is 4.93. The highest BCUT2D eigenvalue weighted by Gasteiger charge is 2.46. The maximum atomic E-state index is 6.08. The van der Waals surface area contributed by atoms with Gasteiger partial charge in [-0.15, -0.1) is 0 Å². The molecule has 0 amide bonds. The number of ether oxygens (including phenoxy) is 1. The zero-order valence-electron chi connectivity index (χ0n) is 8.75. The standard InChI is InChI=1S/C11H21NO/c1-11(2)7-8-5-4-6-9(12-3)10(8)13-11/h8-10H,3-7,12H2,1-2H3. The van der Waals surface area contributed by atoms with Gasteiger partial charge >= 0.3 is 0 Å². The molecule has 0 aromatic carbocycles. The first-order chi connectivity index (χ1) is 6.12. The third-order valence-corrected chi connectivity index (χ3v) is 3.51. The molecule has 0 aromatic heterocycles. The molecule has 1 aliphatic heterocycles. The predicted molar refractivity (Wildman–Crippen MR) is 52.0 cm³/mol. The summed E-state index contributed by atoms with van der Waals surface area (Å²) in [4.78, 5) is 0. The Morgan fingerprint density at radius 3 is 2.85 bits per heavy atom. The van der Waals surface area contributed by atoms with Crippen LogP contribution in [0.25, 0.3) is 0 Å². The van der Waals surface area contributed by atoms with E-state index < -0.39 is 0 Å². The van der Waals surface area contributed by atoms with Crippen LogP contribution in [0.5, 0.6) is 0 Å².